The smallest absolute Gasteiger partial charge is 0.123 e. The third kappa shape index (κ3) is 3.28. The van der Waals surface area contributed by atoms with Crippen LogP contribution in [0.2, 0.25) is 0 Å². The van der Waals surface area contributed by atoms with Gasteiger partial charge in [0, 0.05) is 19.2 Å². The molecule has 0 heterocycles. The van der Waals surface area contributed by atoms with E-state index < -0.39 is 6.10 Å². The highest BCUT2D eigenvalue weighted by molar-refractivity contribution is 5.19. The van der Waals surface area contributed by atoms with Crippen molar-refractivity contribution in [3.05, 3.63) is 35.6 Å². The fourth-order valence-electron chi connectivity index (χ4n) is 2.62. The first-order valence-electron chi connectivity index (χ1n) is 6.48. The zero-order chi connectivity index (χ0) is 13.0. The minimum absolute atomic E-state index is 0.188. The highest BCUT2D eigenvalue weighted by Crippen LogP contribution is 2.25. The zero-order valence-corrected chi connectivity index (χ0v) is 10.3. The first-order chi connectivity index (χ1) is 8.70. The fourth-order valence-corrected chi connectivity index (χ4v) is 2.62. The van der Waals surface area contributed by atoms with E-state index in [1.54, 1.807) is 12.1 Å². The van der Waals surface area contributed by atoms with Crippen LogP contribution in [0, 0.1) is 11.7 Å². The summed E-state index contributed by atoms with van der Waals surface area (Å²) >= 11 is 0. The van der Waals surface area contributed by atoms with E-state index in [1.165, 1.54) is 12.1 Å². The maximum atomic E-state index is 13.0. The average molecular weight is 253 g/mol. The molecule has 1 aromatic carbocycles. The van der Waals surface area contributed by atoms with Crippen LogP contribution in [0.1, 0.15) is 30.9 Å². The number of benzene rings is 1. The number of hydrogen-bond acceptors (Lipinski definition) is 3. The molecule has 4 heteroatoms. The van der Waals surface area contributed by atoms with Gasteiger partial charge in [0.2, 0.25) is 0 Å². The highest BCUT2D eigenvalue weighted by Gasteiger charge is 2.26. The third-order valence-corrected chi connectivity index (χ3v) is 3.70. The summed E-state index contributed by atoms with van der Waals surface area (Å²) in [4.78, 5) is 0. The van der Waals surface area contributed by atoms with Crippen LogP contribution in [0.4, 0.5) is 4.39 Å². The van der Waals surface area contributed by atoms with E-state index in [2.05, 4.69) is 5.32 Å². The van der Waals surface area contributed by atoms with Crippen molar-refractivity contribution in [2.75, 3.05) is 13.2 Å². The van der Waals surface area contributed by atoms with Gasteiger partial charge in [0.15, 0.2) is 0 Å². The Morgan fingerprint density at radius 3 is 2.94 bits per heavy atom. The molecule has 0 aromatic heterocycles. The molecule has 3 N–H and O–H groups in total. The lowest BCUT2D eigenvalue weighted by molar-refractivity contribution is 0.155. The number of nitrogens with one attached hydrogen (secondary N) is 1. The molecular weight excluding hydrogens is 233 g/mol. The van der Waals surface area contributed by atoms with Crippen molar-refractivity contribution in [2.24, 2.45) is 5.92 Å². The Morgan fingerprint density at radius 2 is 2.22 bits per heavy atom. The molecule has 1 saturated carbocycles. The normalized spacial score (nSPS) is 25.3. The summed E-state index contributed by atoms with van der Waals surface area (Å²) in [6.45, 7) is 0.582. The van der Waals surface area contributed by atoms with Crippen molar-refractivity contribution < 1.29 is 14.6 Å². The molecule has 18 heavy (non-hydrogen) atoms. The van der Waals surface area contributed by atoms with Gasteiger partial charge in [-0.25, -0.2) is 4.39 Å². The van der Waals surface area contributed by atoms with E-state index in [0.717, 1.165) is 19.3 Å². The van der Waals surface area contributed by atoms with Gasteiger partial charge in [0.25, 0.3) is 0 Å². The van der Waals surface area contributed by atoms with Gasteiger partial charge in [-0.2, -0.15) is 0 Å². The lowest BCUT2D eigenvalue weighted by Crippen LogP contribution is -2.36. The fraction of sp³-hybridized carbons (Fsp3) is 0.571. The molecule has 0 radical (unpaired) electrons. The van der Waals surface area contributed by atoms with E-state index in [0.29, 0.717) is 12.1 Å². The minimum atomic E-state index is -0.708. The third-order valence-electron chi connectivity index (χ3n) is 3.70. The second kappa shape index (κ2) is 6.27. The van der Waals surface area contributed by atoms with E-state index in [1.807, 2.05) is 0 Å². The van der Waals surface area contributed by atoms with Crippen LogP contribution in [0.15, 0.2) is 24.3 Å². The molecule has 0 spiro atoms. The van der Waals surface area contributed by atoms with Crippen LogP contribution in [0.5, 0.6) is 0 Å². The predicted molar refractivity (Wildman–Crippen MR) is 67.6 cm³/mol. The van der Waals surface area contributed by atoms with Crippen molar-refractivity contribution >= 4 is 0 Å². The quantitative estimate of drug-likeness (QED) is 0.747. The van der Waals surface area contributed by atoms with E-state index >= 15 is 0 Å². The standard InChI is InChI=1S/C14H20FNO2/c15-12-5-1-3-10(7-12)14(18)8-16-13-6-2-4-11(13)9-17/h1,3,5,7,11,13-14,16-18H,2,4,6,8-9H2. The first-order valence-corrected chi connectivity index (χ1v) is 6.48. The highest BCUT2D eigenvalue weighted by atomic mass is 19.1. The number of rotatable bonds is 5. The Bertz CT molecular complexity index is 386. The number of aliphatic hydroxyl groups excluding tert-OH is 2. The molecule has 2 rings (SSSR count). The van der Waals surface area contributed by atoms with E-state index in [9.17, 15) is 14.6 Å². The molecule has 0 bridgehead atoms. The van der Waals surface area contributed by atoms with E-state index in [4.69, 9.17) is 0 Å². The van der Waals surface area contributed by atoms with Gasteiger partial charge < -0.3 is 15.5 Å². The molecule has 3 unspecified atom stereocenters. The second-order valence-corrected chi connectivity index (χ2v) is 4.96. The van der Waals surface area contributed by atoms with Gasteiger partial charge >= 0.3 is 0 Å². The van der Waals surface area contributed by atoms with Gasteiger partial charge in [-0.3, -0.25) is 0 Å². The van der Waals surface area contributed by atoms with Crippen LogP contribution in [0.25, 0.3) is 0 Å². The van der Waals surface area contributed by atoms with Crippen molar-refractivity contribution in [3.8, 4) is 0 Å². The molecule has 1 fully saturated rings. The van der Waals surface area contributed by atoms with Crippen LogP contribution >= 0.6 is 0 Å². The van der Waals surface area contributed by atoms with Crippen molar-refractivity contribution in [1.29, 1.82) is 0 Å². The molecule has 1 aromatic rings. The van der Waals surface area contributed by atoms with Crippen LogP contribution in [-0.2, 0) is 0 Å². The van der Waals surface area contributed by atoms with Crippen LogP contribution in [0.3, 0.4) is 0 Å². The molecule has 0 amide bonds. The Labute approximate surface area is 107 Å². The number of halogens is 1. The summed E-state index contributed by atoms with van der Waals surface area (Å²) in [5.41, 5.74) is 0.584. The summed E-state index contributed by atoms with van der Waals surface area (Å²) in [5.74, 6) is -0.0506. The molecular formula is C14H20FNO2. The predicted octanol–water partition coefficient (Wildman–Crippen LogP) is 1.61. The zero-order valence-electron chi connectivity index (χ0n) is 10.3. The molecule has 3 atom stereocenters. The molecule has 0 aliphatic heterocycles. The summed E-state index contributed by atoms with van der Waals surface area (Å²) in [6.07, 6.45) is 2.46. The Morgan fingerprint density at radius 1 is 1.39 bits per heavy atom. The van der Waals surface area contributed by atoms with Crippen molar-refractivity contribution in [3.63, 3.8) is 0 Å². The lowest BCUT2D eigenvalue weighted by Gasteiger charge is -2.21. The van der Waals surface area contributed by atoms with Gasteiger partial charge in [0.1, 0.15) is 5.82 Å². The molecule has 0 saturated heterocycles. The van der Waals surface area contributed by atoms with Crippen molar-refractivity contribution in [2.45, 2.75) is 31.4 Å². The Kier molecular flexibility index (Phi) is 4.69. The average Bonchev–Trinajstić information content (AvgIpc) is 2.83. The maximum absolute atomic E-state index is 13.0. The summed E-state index contributed by atoms with van der Waals surface area (Å²) in [7, 11) is 0. The monoisotopic (exact) mass is 253 g/mol. The molecule has 100 valence electrons. The van der Waals surface area contributed by atoms with Crippen molar-refractivity contribution in [1.82, 2.24) is 5.32 Å². The largest absolute Gasteiger partial charge is 0.396 e. The maximum Gasteiger partial charge on any atom is 0.123 e. The SMILES string of the molecule is OCC1CCCC1NCC(O)c1cccc(F)c1. The minimum Gasteiger partial charge on any atom is -0.396 e. The van der Waals surface area contributed by atoms with Gasteiger partial charge in [0.05, 0.1) is 6.10 Å². The topological polar surface area (TPSA) is 52.5 Å². The van der Waals surface area contributed by atoms with E-state index in [-0.39, 0.29) is 24.4 Å². The summed E-state index contributed by atoms with van der Waals surface area (Å²) < 4.78 is 13.0. The molecule has 3 nitrogen and oxygen atoms in total. The Balaban J connectivity index is 1.86. The number of hydrogen-bond donors (Lipinski definition) is 3. The molecule has 1 aliphatic carbocycles. The van der Waals surface area contributed by atoms with Crippen LogP contribution < -0.4 is 5.32 Å². The van der Waals surface area contributed by atoms with Gasteiger partial charge in [-0.05, 0) is 36.5 Å². The van der Waals surface area contributed by atoms with Crippen LogP contribution in [-0.4, -0.2) is 29.4 Å². The van der Waals surface area contributed by atoms with Gasteiger partial charge in [-0.1, -0.05) is 18.6 Å². The second-order valence-electron chi connectivity index (χ2n) is 4.96. The summed E-state index contributed by atoms with van der Waals surface area (Å²) in [6, 6.07) is 6.29. The Hall–Kier alpha value is -0.970. The first kappa shape index (κ1) is 13.5. The summed E-state index contributed by atoms with van der Waals surface area (Å²) in [5, 5.41) is 22.4. The molecule has 1 aliphatic rings. The van der Waals surface area contributed by atoms with Gasteiger partial charge in [-0.15, -0.1) is 0 Å². The number of aliphatic hydroxyl groups is 2. The lowest BCUT2D eigenvalue weighted by atomic mass is 10.0.